The number of nitrogens with one attached hydrogen (secondary N) is 1. The average molecular weight is 428 g/mol. The molecule has 0 saturated heterocycles. The molecule has 0 aliphatic carbocycles. The van der Waals surface area contributed by atoms with Gasteiger partial charge in [-0.25, -0.2) is 4.68 Å². The summed E-state index contributed by atoms with van der Waals surface area (Å²) in [4.78, 5) is 12.0. The number of nitrogens with zero attached hydrogens (tertiary/aromatic N) is 2. The van der Waals surface area contributed by atoms with Gasteiger partial charge in [-0.2, -0.15) is 0 Å². The molecule has 0 saturated carbocycles. The first-order chi connectivity index (χ1) is 12.0. The van der Waals surface area contributed by atoms with E-state index in [9.17, 15) is 4.79 Å². The summed E-state index contributed by atoms with van der Waals surface area (Å²) in [7, 11) is 0. The van der Waals surface area contributed by atoms with Crippen LogP contribution < -0.4 is 5.32 Å². The number of aromatic nitrogens is 2. The van der Waals surface area contributed by atoms with Gasteiger partial charge in [0, 0.05) is 5.69 Å². The van der Waals surface area contributed by atoms with Gasteiger partial charge in [0.25, 0.3) is 0 Å². The molecule has 0 spiro atoms. The molecule has 1 amide bonds. The van der Waals surface area contributed by atoms with Crippen LogP contribution in [0.15, 0.2) is 52.9 Å². The van der Waals surface area contributed by atoms with Gasteiger partial charge in [-0.15, -0.1) is 5.10 Å². The van der Waals surface area contributed by atoms with Gasteiger partial charge in [-0.1, -0.05) is 64.5 Å². The highest BCUT2D eigenvalue weighted by atomic mass is 35.5. The van der Waals surface area contributed by atoms with E-state index in [1.807, 2.05) is 30.3 Å². The minimum Gasteiger partial charge on any atom is -0.325 e. The maximum absolute atomic E-state index is 12.0. The summed E-state index contributed by atoms with van der Waals surface area (Å²) in [6.45, 7) is 0. The van der Waals surface area contributed by atoms with Crippen molar-refractivity contribution < 1.29 is 4.79 Å². The monoisotopic (exact) mass is 427 g/mol. The highest BCUT2D eigenvalue weighted by Gasteiger charge is 2.10. The third kappa shape index (κ3) is 4.83. The van der Waals surface area contributed by atoms with Crippen LogP contribution in [0.5, 0.6) is 0 Å². The van der Waals surface area contributed by atoms with Gasteiger partial charge < -0.3 is 5.32 Å². The van der Waals surface area contributed by atoms with Crippen LogP contribution in [0.1, 0.15) is 0 Å². The average Bonchev–Trinajstić information content (AvgIpc) is 2.97. The summed E-state index contributed by atoms with van der Waals surface area (Å²) in [6, 6.07) is 14.5. The lowest BCUT2D eigenvalue weighted by molar-refractivity contribution is -0.113. The lowest BCUT2D eigenvalue weighted by Gasteiger charge is -2.03. The van der Waals surface area contributed by atoms with Crippen molar-refractivity contribution in [3.8, 4) is 5.69 Å². The minimum atomic E-state index is -0.0987. The predicted octanol–water partition coefficient (Wildman–Crippen LogP) is 5.70. The van der Waals surface area contributed by atoms with E-state index in [0.29, 0.717) is 18.3 Å². The number of thioether (sulfide) groups is 1. The van der Waals surface area contributed by atoms with Crippen LogP contribution in [0, 0.1) is 3.95 Å². The van der Waals surface area contributed by atoms with Crippen molar-refractivity contribution in [2.24, 2.45) is 0 Å². The first-order valence-corrected chi connectivity index (χ1v) is 10.0. The van der Waals surface area contributed by atoms with Crippen molar-refractivity contribution in [3.05, 3.63) is 62.5 Å². The number of para-hydroxylation sites is 1. The van der Waals surface area contributed by atoms with E-state index in [4.69, 9.17) is 35.4 Å². The van der Waals surface area contributed by atoms with Crippen LogP contribution in [0.4, 0.5) is 5.69 Å². The highest BCUT2D eigenvalue weighted by molar-refractivity contribution is 8.01. The van der Waals surface area contributed by atoms with Crippen molar-refractivity contribution in [1.82, 2.24) is 9.78 Å². The van der Waals surface area contributed by atoms with E-state index in [2.05, 4.69) is 10.4 Å². The van der Waals surface area contributed by atoms with Gasteiger partial charge in [0.2, 0.25) is 5.91 Å². The van der Waals surface area contributed by atoms with Crippen molar-refractivity contribution in [1.29, 1.82) is 0 Å². The Morgan fingerprint density at radius 2 is 1.96 bits per heavy atom. The normalized spacial score (nSPS) is 10.6. The molecule has 0 aliphatic heterocycles. The summed E-state index contributed by atoms with van der Waals surface area (Å²) in [6.07, 6.45) is 0. The molecule has 25 heavy (non-hydrogen) atoms. The van der Waals surface area contributed by atoms with Crippen LogP contribution in [0.25, 0.3) is 5.69 Å². The highest BCUT2D eigenvalue weighted by Crippen LogP contribution is 2.28. The Labute approximate surface area is 167 Å². The number of carbonyl (C=O) groups is 1. The van der Waals surface area contributed by atoms with Crippen LogP contribution >= 0.6 is 58.5 Å². The first kappa shape index (κ1) is 18.4. The summed E-state index contributed by atoms with van der Waals surface area (Å²) < 4.78 is 2.89. The number of rotatable bonds is 5. The van der Waals surface area contributed by atoms with E-state index in [-0.39, 0.29) is 11.7 Å². The summed E-state index contributed by atoms with van der Waals surface area (Å²) in [5.41, 5.74) is 1.50. The number of halogens is 2. The number of hydrogen-bond donors (Lipinski definition) is 1. The maximum atomic E-state index is 12.0. The third-order valence-corrected chi connectivity index (χ3v) is 6.17. The van der Waals surface area contributed by atoms with Crippen molar-refractivity contribution in [3.63, 3.8) is 0 Å². The van der Waals surface area contributed by atoms with E-state index in [1.165, 1.54) is 23.1 Å². The molecule has 1 N–H and O–H groups in total. The first-order valence-electron chi connectivity index (χ1n) is 7.06. The molecule has 1 aromatic heterocycles. The quantitative estimate of drug-likeness (QED) is 0.418. The predicted molar refractivity (Wildman–Crippen MR) is 108 cm³/mol. The Bertz CT molecular complexity index is 957. The zero-order valence-electron chi connectivity index (χ0n) is 12.6. The van der Waals surface area contributed by atoms with Crippen LogP contribution in [-0.2, 0) is 4.79 Å². The smallest absolute Gasteiger partial charge is 0.234 e. The van der Waals surface area contributed by atoms with Crippen molar-refractivity contribution >= 4 is 70.1 Å². The molecular formula is C16H11Cl2N3OS3. The molecular weight excluding hydrogens is 417 g/mol. The second-order valence-electron chi connectivity index (χ2n) is 4.85. The van der Waals surface area contributed by atoms with Gasteiger partial charge in [-0.3, -0.25) is 4.79 Å². The van der Waals surface area contributed by atoms with Gasteiger partial charge in [0.1, 0.15) is 0 Å². The van der Waals surface area contributed by atoms with E-state index in [0.717, 1.165) is 11.4 Å². The van der Waals surface area contributed by atoms with Crippen LogP contribution in [-0.4, -0.2) is 21.4 Å². The van der Waals surface area contributed by atoms with E-state index in [1.54, 1.807) is 22.9 Å². The SMILES string of the molecule is O=C(CSc1nn(-c2ccc(Cl)c(Cl)c2)c(=S)s1)Nc1ccccc1. The Morgan fingerprint density at radius 1 is 1.20 bits per heavy atom. The second kappa shape index (κ2) is 8.33. The van der Waals surface area contributed by atoms with Gasteiger partial charge in [0.15, 0.2) is 8.29 Å². The number of anilines is 1. The van der Waals surface area contributed by atoms with E-state index >= 15 is 0 Å². The Morgan fingerprint density at radius 3 is 2.68 bits per heavy atom. The third-order valence-electron chi connectivity index (χ3n) is 3.06. The van der Waals surface area contributed by atoms with Gasteiger partial charge in [0.05, 0.1) is 21.5 Å². The molecule has 128 valence electrons. The molecule has 9 heteroatoms. The van der Waals surface area contributed by atoms with Gasteiger partial charge in [-0.05, 0) is 42.5 Å². The number of benzene rings is 2. The molecule has 0 unspecified atom stereocenters. The molecule has 4 nitrogen and oxygen atoms in total. The Hall–Kier alpha value is -1.38. The largest absolute Gasteiger partial charge is 0.325 e. The van der Waals surface area contributed by atoms with Crippen LogP contribution in [0.2, 0.25) is 10.0 Å². The van der Waals surface area contributed by atoms with Gasteiger partial charge >= 0.3 is 0 Å². The second-order valence-corrected chi connectivity index (χ2v) is 8.51. The number of hydrogen-bond acceptors (Lipinski definition) is 5. The molecule has 3 rings (SSSR count). The molecule has 0 bridgehead atoms. The fraction of sp³-hybridized carbons (Fsp3) is 0.0625. The Kier molecular flexibility index (Phi) is 6.14. The van der Waals surface area contributed by atoms with Crippen molar-refractivity contribution in [2.45, 2.75) is 4.34 Å². The standard InChI is InChI=1S/C16H11Cl2N3OS3/c17-12-7-6-11(8-13(12)18)21-16(23)25-15(20-21)24-9-14(22)19-10-4-2-1-3-5-10/h1-8H,9H2,(H,19,22). The molecule has 2 aromatic carbocycles. The molecule has 0 atom stereocenters. The van der Waals surface area contributed by atoms with E-state index < -0.39 is 0 Å². The summed E-state index contributed by atoms with van der Waals surface area (Å²) >= 11 is 20.0. The summed E-state index contributed by atoms with van der Waals surface area (Å²) in [5.74, 6) is 0.150. The fourth-order valence-electron chi connectivity index (χ4n) is 1.94. The molecule has 1 heterocycles. The maximum Gasteiger partial charge on any atom is 0.234 e. The topological polar surface area (TPSA) is 46.9 Å². The molecule has 0 fully saturated rings. The summed E-state index contributed by atoms with van der Waals surface area (Å²) in [5, 5.41) is 8.18. The Balaban J connectivity index is 1.67. The van der Waals surface area contributed by atoms with Crippen molar-refractivity contribution in [2.75, 3.05) is 11.1 Å². The molecule has 3 aromatic rings. The lowest BCUT2D eigenvalue weighted by atomic mass is 10.3. The fourth-order valence-corrected chi connectivity index (χ4v) is 4.40. The number of carbonyl (C=O) groups excluding carboxylic acids is 1. The lowest BCUT2D eigenvalue weighted by Crippen LogP contribution is -2.13. The zero-order chi connectivity index (χ0) is 17.8. The van der Waals surface area contributed by atoms with Crippen LogP contribution in [0.3, 0.4) is 0 Å². The number of amides is 1. The zero-order valence-corrected chi connectivity index (χ0v) is 16.6. The minimum absolute atomic E-state index is 0.0987. The molecule has 0 aliphatic rings. The molecule has 0 radical (unpaired) electrons.